The molecule has 0 fully saturated rings. The van der Waals surface area contributed by atoms with Gasteiger partial charge in [-0.25, -0.2) is 4.98 Å². The van der Waals surface area contributed by atoms with Crippen LogP contribution in [-0.2, 0) is 19.4 Å². The first kappa shape index (κ1) is 10.3. The van der Waals surface area contributed by atoms with Crippen LogP contribution in [0.25, 0.3) is 0 Å². The summed E-state index contributed by atoms with van der Waals surface area (Å²) in [5.41, 5.74) is 3.55. The molecule has 0 unspecified atom stereocenters. The van der Waals surface area contributed by atoms with Crippen LogP contribution < -0.4 is 5.32 Å². The fraction of sp³-hybridized carbons (Fsp3) is 0.385. The zero-order valence-electron chi connectivity index (χ0n) is 9.86. The highest BCUT2D eigenvalue weighted by Gasteiger charge is 2.12. The second kappa shape index (κ2) is 4.20. The van der Waals surface area contributed by atoms with Gasteiger partial charge in [0.25, 0.3) is 0 Å². The highest BCUT2D eigenvalue weighted by Crippen LogP contribution is 2.21. The molecule has 17 heavy (non-hydrogen) atoms. The summed E-state index contributed by atoms with van der Waals surface area (Å²) in [5, 5.41) is 7.21. The highest BCUT2D eigenvalue weighted by molar-refractivity contribution is 5.40. The minimum atomic E-state index is 0.656. The van der Waals surface area contributed by atoms with Crippen LogP contribution in [0.5, 0.6) is 0 Å². The minimum Gasteiger partial charge on any atom is -0.364 e. The van der Waals surface area contributed by atoms with Gasteiger partial charge in [0, 0.05) is 11.8 Å². The van der Waals surface area contributed by atoms with E-state index in [2.05, 4.69) is 21.5 Å². The normalized spacial score (nSPS) is 13.7. The van der Waals surface area contributed by atoms with E-state index in [9.17, 15) is 0 Å². The third-order valence-corrected chi connectivity index (χ3v) is 3.06. The van der Waals surface area contributed by atoms with Gasteiger partial charge in [-0.05, 0) is 37.8 Å². The Bertz CT molecular complexity index is 533. The Morgan fingerprint density at radius 3 is 3.12 bits per heavy atom. The monoisotopic (exact) mass is 229 g/mol. The van der Waals surface area contributed by atoms with Crippen LogP contribution in [0.1, 0.15) is 29.1 Å². The molecule has 2 aromatic heterocycles. The van der Waals surface area contributed by atoms with Crippen molar-refractivity contribution < 1.29 is 4.52 Å². The fourth-order valence-corrected chi connectivity index (χ4v) is 2.20. The molecule has 0 amide bonds. The average molecular weight is 229 g/mol. The smallest absolute Gasteiger partial charge is 0.133 e. The summed E-state index contributed by atoms with van der Waals surface area (Å²) in [6, 6.07) is 6.14. The molecule has 1 aliphatic carbocycles. The number of nitrogens with one attached hydrogen (secondary N) is 1. The fourth-order valence-electron chi connectivity index (χ4n) is 2.20. The molecule has 1 N–H and O–H groups in total. The number of rotatable bonds is 3. The van der Waals surface area contributed by atoms with Crippen molar-refractivity contribution in [2.45, 2.75) is 32.7 Å². The van der Waals surface area contributed by atoms with Crippen molar-refractivity contribution in [2.24, 2.45) is 0 Å². The Kier molecular flexibility index (Phi) is 2.55. The van der Waals surface area contributed by atoms with Crippen LogP contribution in [0, 0.1) is 6.92 Å². The van der Waals surface area contributed by atoms with Gasteiger partial charge in [0.05, 0.1) is 6.54 Å². The van der Waals surface area contributed by atoms with E-state index in [0.717, 1.165) is 23.7 Å². The molecule has 4 heteroatoms. The first-order chi connectivity index (χ1) is 8.31. The van der Waals surface area contributed by atoms with Gasteiger partial charge in [-0.3, -0.25) is 0 Å². The second-order valence-corrected chi connectivity index (χ2v) is 4.44. The van der Waals surface area contributed by atoms with Crippen LogP contribution in [0.2, 0.25) is 0 Å². The van der Waals surface area contributed by atoms with Crippen molar-refractivity contribution in [3.8, 4) is 0 Å². The zero-order chi connectivity index (χ0) is 11.7. The van der Waals surface area contributed by atoms with E-state index >= 15 is 0 Å². The molecular weight excluding hydrogens is 214 g/mol. The van der Waals surface area contributed by atoms with Crippen LogP contribution in [0.3, 0.4) is 0 Å². The maximum atomic E-state index is 5.02. The van der Waals surface area contributed by atoms with E-state index in [0.29, 0.717) is 6.54 Å². The van der Waals surface area contributed by atoms with Crippen LogP contribution >= 0.6 is 0 Å². The Balaban J connectivity index is 1.69. The number of anilines is 1. The lowest BCUT2D eigenvalue weighted by atomic mass is 10.2. The summed E-state index contributed by atoms with van der Waals surface area (Å²) in [5.74, 6) is 1.76. The number of pyridine rings is 1. The highest BCUT2D eigenvalue weighted by atomic mass is 16.5. The second-order valence-electron chi connectivity index (χ2n) is 4.44. The van der Waals surface area contributed by atoms with Gasteiger partial charge in [0.2, 0.25) is 0 Å². The summed E-state index contributed by atoms with van der Waals surface area (Å²) in [7, 11) is 0. The van der Waals surface area contributed by atoms with Gasteiger partial charge >= 0.3 is 0 Å². The number of hydrogen-bond donors (Lipinski definition) is 1. The van der Waals surface area contributed by atoms with Gasteiger partial charge in [-0.2, -0.15) is 0 Å². The number of fused-ring (bicyclic) bond motifs is 1. The van der Waals surface area contributed by atoms with Crippen LogP contribution in [0.15, 0.2) is 22.7 Å². The summed E-state index contributed by atoms with van der Waals surface area (Å²) in [4.78, 5) is 4.61. The molecule has 0 spiro atoms. The van der Waals surface area contributed by atoms with Crippen molar-refractivity contribution in [1.29, 1.82) is 0 Å². The number of hydrogen-bond acceptors (Lipinski definition) is 4. The summed E-state index contributed by atoms with van der Waals surface area (Å²) in [6.45, 7) is 2.55. The third kappa shape index (κ3) is 2.16. The maximum Gasteiger partial charge on any atom is 0.133 e. The van der Waals surface area contributed by atoms with Gasteiger partial charge in [0.15, 0.2) is 0 Å². The van der Waals surface area contributed by atoms with E-state index in [4.69, 9.17) is 4.52 Å². The number of aromatic nitrogens is 2. The topological polar surface area (TPSA) is 51.0 Å². The molecule has 3 rings (SSSR count). The molecule has 0 atom stereocenters. The lowest BCUT2D eigenvalue weighted by Crippen LogP contribution is -2.03. The Labute approximate surface area is 100 Å². The largest absolute Gasteiger partial charge is 0.364 e. The van der Waals surface area contributed by atoms with Crippen molar-refractivity contribution >= 4 is 5.82 Å². The van der Waals surface area contributed by atoms with Crippen molar-refractivity contribution in [3.05, 3.63) is 40.9 Å². The molecule has 0 saturated carbocycles. The van der Waals surface area contributed by atoms with E-state index in [1.54, 1.807) is 0 Å². The molecular formula is C13H15N3O. The standard InChI is InChI=1S/C13H15N3O/c1-9-7-11(16-17-9)8-14-13-6-5-10-3-2-4-12(10)15-13/h5-7H,2-4,8H2,1H3,(H,14,15). The first-order valence-electron chi connectivity index (χ1n) is 5.96. The predicted octanol–water partition coefficient (Wildman–Crippen LogP) is 2.48. The molecule has 2 aromatic rings. The molecule has 0 aliphatic heterocycles. The number of aryl methyl sites for hydroxylation is 3. The molecule has 0 aromatic carbocycles. The van der Waals surface area contributed by atoms with E-state index in [1.165, 1.54) is 24.1 Å². The summed E-state index contributed by atoms with van der Waals surface area (Å²) < 4.78 is 5.02. The molecule has 88 valence electrons. The predicted molar refractivity (Wildman–Crippen MR) is 64.8 cm³/mol. The first-order valence-corrected chi connectivity index (χ1v) is 5.96. The third-order valence-electron chi connectivity index (χ3n) is 3.06. The quantitative estimate of drug-likeness (QED) is 0.878. The van der Waals surface area contributed by atoms with Gasteiger partial charge in [-0.1, -0.05) is 11.2 Å². The summed E-state index contributed by atoms with van der Waals surface area (Å²) >= 11 is 0. The van der Waals surface area contributed by atoms with E-state index in [1.807, 2.05) is 19.1 Å². The molecule has 1 aliphatic rings. The molecule has 0 saturated heterocycles. The van der Waals surface area contributed by atoms with Crippen LogP contribution in [-0.4, -0.2) is 10.1 Å². The van der Waals surface area contributed by atoms with Crippen LogP contribution in [0.4, 0.5) is 5.82 Å². The summed E-state index contributed by atoms with van der Waals surface area (Å²) in [6.07, 6.45) is 3.51. The molecule has 2 heterocycles. The molecule has 0 radical (unpaired) electrons. The lowest BCUT2D eigenvalue weighted by Gasteiger charge is -2.05. The Hall–Kier alpha value is -1.84. The van der Waals surface area contributed by atoms with Gasteiger partial charge in [-0.15, -0.1) is 0 Å². The van der Waals surface area contributed by atoms with Gasteiger partial charge < -0.3 is 9.84 Å². The van der Waals surface area contributed by atoms with E-state index in [-0.39, 0.29) is 0 Å². The number of nitrogens with zero attached hydrogens (tertiary/aromatic N) is 2. The van der Waals surface area contributed by atoms with Crippen molar-refractivity contribution in [1.82, 2.24) is 10.1 Å². The van der Waals surface area contributed by atoms with E-state index < -0.39 is 0 Å². The SMILES string of the molecule is Cc1cc(CNc2ccc3c(n2)CCC3)no1. The lowest BCUT2D eigenvalue weighted by molar-refractivity contribution is 0.391. The molecule has 0 bridgehead atoms. The van der Waals surface area contributed by atoms with Crippen molar-refractivity contribution in [2.75, 3.05) is 5.32 Å². The van der Waals surface area contributed by atoms with Gasteiger partial charge in [0.1, 0.15) is 17.3 Å². The van der Waals surface area contributed by atoms with Crippen molar-refractivity contribution in [3.63, 3.8) is 0 Å². The molecule has 4 nitrogen and oxygen atoms in total. The Morgan fingerprint density at radius 2 is 2.29 bits per heavy atom. The zero-order valence-corrected chi connectivity index (χ0v) is 9.86. The average Bonchev–Trinajstić information content (AvgIpc) is 2.94. The Morgan fingerprint density at radius 1 is 1.35 bits per heavy atom. The maximum absolute atomic E-state index is 5.02. The minimum absolute atomic E-state index is 0.656.